The van der Waals surface area contributed by atoms with Crippen molar-refractivity contribution in [3.63, 3.8) is 0 Å². The normalized spacial score (nSPS) is 18.3. The third-order valence-electron chi connectivity index (χ3n) is 3.84. The van der Waals surface area contributed by atoms with E-state index in [2.05, 4.69) is 15.9 Å². The summed E-state index contributed by atoms with van der Waals surface area (Å²) in [6, 6.07) is 3.29. The van der Waals surface area contributed by atoms with Crippen LogP contribution in [-0.2, 0) is 0 Å². The number of ether oxygens (including phenoxy) is 2. The van der Waals surface area contributed by atoms with Crippen LogP contribution in [0, 0.1) is 5.92 Å². The van der Waals surface area contributed by atoms with Gasteiger partial charge in [-0.15, -0.1) is 0 Å². The number of hydrogen-bond donors (Lipinski definition) is 0. The lowest BCUT2D eigenvalue weighted by atomic mass is 9.82. The van der Waals surface area contributed by atoms with E-state index in [1.165, 1.54) is 14.2 Å². The van der Waals surface area contributed by atoms with Gasteiger partial charge in [-0.1, -0.05) is 0 Å². The molecule has 116 valence electrons. The second-order valence-electron chi connectivity index (χ2n) is 5.16. The van der Waals surface area contributed by atoms with Gasteiger partial charge in [0, 0.05) is 18.8 Å². The van der Waals surface area contributed by atoms with Crippen LogP contribution in [0.2, 0.25) is 0 Å². The fourth-order valence-electron chi connectivity index (χ4n) is 2.61. The SMILES string of the molecule is COc1ccc(C(=O)C2CCC(F)(F)CC2)c(OC)c1Br. The van der Waals surface area contributed by atoms with Gasteiger partial charge >= 0.3 is 0 Å². The Morgan fingerprint density at radius 3 is 2.38 bits per heavy atom. The van der Waals surface area contributed by atoms with Gasteiger partial charge < -0.3 is 9.47 Å². The Hall–Kier alpha value is -1.17. The molecule has 0 unspecified atom stereocenters. The molecule has 0 bridgehead atoms. The third kappa shape index (κ3) is 3.36. The molecule has 6 heteroatoms. The molecule has 0 radical (unpaired) electrons. The van der Waals surface area contributed by atoms with Crippen molar-refractivity contribution < 1.29 is 23.0 Å². The Kier molecular flexibility index (Phi) is 4.86. The topological polar surface area (TPSA) is 35.5 Å². The number of carbonyl (C=O) groups is 1. The largest absolute Gasteiger partial charge is 0.495 e. The zero-order chi connectivity index (χ0) is 15.6. The van der Waals surface area contributed by atoms with E-state index < -0.39 is 5.92 Å². The monoisotopic (exact) mass is 362 g/mol. The van der Waals surface area contributed by atoms with Gasteiger partial charge in [-0.25, -0.2) is 8.78 Å². The van der Waals surface area contributed by atoms with Crippen molar-refractivity contribution in [2.45, 2.75) is 31.6 Å². The van der Waals surface area contributed by atoms with E-state index in [1.807, 2.05) is 0 Å². The molecule has 1 aliphatic rings. The molecular weight excluding hydrogens is 346 g/mol. The van der Waals surface area contributed by atoms with Crippen molar-refractivity contribution >= 4 is 21.7 Å². The number of methoxy groups -OCH3 is 2. The van der Waals surface area contributed by atoms with E-state index in [0.29, 0.717) is 21.5 Å². The van der Waals surface area contributed by atoms with Gasteiger partial charge in [0.05, 0.1) is 19.8 Å². The van der Waals surface area contributed by atoms with E-state index in [0.717, 1.165) is 0 Å². The maximum atomic E-state index is 13.2. The van der Waals surface area contributed by atoms with Crippen molar-refractivity contribution in [1.82, 2.24) is 0 Å². The predicted molar refractivity (Wildman–Crippen MR) is 78.5 cm³/mol. The van der Waals surface area contributed by atoms with Gasteiger partial charge in [-0.3, -0.25) is 4.79 Å². The molecule has 0 atom stereocenters. The molecule has 1 aromatic rings. The van der Waals surface area contributed by atoms with Crippen LogP contribution in [0.25, 0.3) is 0 Å². The Morgan fingerprint density at radius 1 is 1.24 bits per heavy atom. The number of rotatable bonds is 4. The Bertz CT molecular complexity index is 536. The highest BCUT2D eigenvalue weighted by Gasteiger charge is 2.38. The fraction of sp³-hybridized carbons (Fsp3) is 0.533. The van der Waals surface area contributed by atoms with Crippen molar-refractivity contribution in [2.24, 2.45) is 5.92 Å². The zero-order valence-corrected chi connectivity index (χ0v) is 13.5. The van der Waals surface area contributed by atoms with Crippen LogP contribution in [0.3, 0.4) is 0 Å². The molecule has 0 aliphatic heterocycles. The van der Waals surface area contributed by atoms with Crippen LogP contribution >= 0.6 is 15.9 Å². The summed E-state index contributed by atoms with van der Waals surface area (Å²) in [6.07, 6.45) is -0.0522. The van der Waals surface area contributed by atoms with Crippen LogP contribution in [0.5, 0.6) is 11.5 Å². The first kappa shape index (κ1) is 16.2. The summed E-state index contributed by atoms with van der Waals surface area (Å²) >= 11 is 3.34. The zero-order valence-electron chi connectivity index (χ0n) is 11.9. The first-order valence-electron chi connectivity index (χ1n) is 6.72. The second kappa shape index (κ2) is 6.30. The van der Waals surface area contributed by atoms with Gasteiger partial charge in [0.25, 0.3) is 0 Å². The minimum Gasteiger partial charge on any atom is -0.495 e. The molecule has 1 fully saturated rings. The molecule has 0 saturated heterocycles. The average molecular weight is 363 g/mol. The number of halogens is 3. The number of carbonyl (C=O) groups excluding carboxylic acids is 1. The highest BCUT2D eigenvalue weighted by atomic mass is 79.9. The summed E-state index contributed by atoms with van der Waals surface area (Å²) in [4.78, 5) is 12.6. The van der Waals surface area contributed by atoms with Crippen molar-refractivity contribution in [1.29, 1.82) is 0 Å². The van der Waals surface area contributed by atoms with E-state index in [9.17, 15) is 13.6 Å². The van der Waals surface area contributed by atoms with Gasteiger partial charge in [0.2, 0.25) is 5.92 Å². The molecule has 0 spiro atoms. The molecule has 21 heavy (non-hydrogen) atoms. The lowest BCUT2D eigenvalue weighted by molar-refractivity contribution is -0.0424. The Labute approximate surface area is 130 Å². The molecule has 0 amide bonds. The van der Waals surface area contributed by atoms with E-state index in [-0.39, 0.29) is 37.4 Å². The van der Waals surface area contributed by atoms with Crippen LogP contribution in [0.15, 0.2) is 16.6 Å². The molecule has 2 rings (SSSR count). The van der Waals surface area contributed by atoms with Gasteiger partial charge in [-0.05, 0) is 40.9 Å². The average Bonchev–Trinajstić information content (AvgIpc) is 2.46. The van der Waals surface area contributed by atoms with Crippen molar-refractivity contribution in [3.05, 3.63) is 22.2 Å². The van der Waals surface area contributed by atoms with E-state index in [1.54, 1.807) is 12.1 Å². The standard InChI is InChI=1S/C15H17BrF2O3/c1-20-11-4-3-10(14(21-2)12(11)16)13(19)9-5-7-15(17,18)8-6-9/h3-4,9H,5-8H2,1-2H3. The lowest BCUT2D eigenvalue weighted by Crippen LogP contribution is -2.29. The summed E-state index contributed by atoms with van der Waals surface area (Å²) < 4.78 is 37.4. The molecule has 0 N–H and O–H groups in total. The van der Waals surface area contributed by atoms with Gasteiger partial charge in [0.1, 0.15) is 16.0 Å². The van der Waals surface area contributed by atoms with Crippen LogP contribution in [-0.4, -0.2) is 25.9 Å². The smallest absolute Gasteiger partial charge is 0.248 e. The minimum absolute atomic E-state index is 0.147. The quantitative estimate of drug-likeness (QED) is 0.741. The van der Waals surface area contributed by atoms with Crippen LogP contribution < -0.4 is 9.47 Å². The molecule has 1 saturated carbocycles. The molecule has 3 nitrogen and oxygen atoms in total. The van der Waals surface area contributed by atoms with Crippen LogP contribution in [0.1, 0.15) is 36.0 Å². The van der Waals surface area contributed by atoms with Crippen molar-refractivity contribution in [3.8, 4) is 11.5 Å². The maximum Gasteiger partial charge on any atom is 0.248 e. The molecule has 1 aromatic carbocycles. The molecular formula is C15H17BrF2O3. The van der Waals surface area contributed by atoms with Crippen LogP contribution in [0.4, 0.5) is 8.78 Å². The first-order valence-corrected chi connectivity index (χ1v) is 7.51. The lowest BCUT2D eigenvalue weighted by Gasteiger charge is -2.27. The maximum absolute atomic E-state index is 13.2. The summed E-state index contributed by atoms with van der Waals surface area (Å²) in [5.41, 5.74) is 0.403. The third-order valence-corrected chi connectivity index (χ3v) is 4.59. The van der Waals surface area contributed by atoms with E-state index >= 15 is 0 Å². The summed E-state index contributed by atoms with van der Waals surface area (Å²) in [6.45, 7) is 0. The first-order chi connectivity index (χ1) is 9.89. The Morgan fingerprint density at radius 2 is 1.86 bits per heavy atom. The number of Topliss-reactive ketones (excluding diaryl/α,β-unsaturated/α-hetero) is 1. The number of alkyl halides is 2. The highest BCUT2D eigenvalue weighted by molar-refractivity contribution is 9.10. The van der Waals surface area contributed by atoms with Gasteiger partial charge in [0.15, 0.2) is 5.78 Å². The Balaban J connectivity index is 2.26. The number of ketones is 1. The summed E-state index contributed by atoms with van der Waals surface area (Å²) in [5.74, 6) is -2.22. The summed E-state index contributed by atoms with van der Waals surface area (Å²) in [5, 5.41) is 0. The minimum atomic E-state index is -2.64. The number of hydrogen-bond acceptors (Lipinski definition) is 3. The molecule has 0 aromatic heterocycles. The predicted octanol–water partition coefficient (Wildman–Crippen LogP) is 4.47. The van der Waals surface area contributed by atoms with E-state index in [4.69, 9.17) is 9.47 Å². The van der Waals surface area contributed by atoms with Gasteiger partial charge in [-0.2, -0.15) is 0 Å². The van der Waals surface area contributed by atoms with Crippen molar-refractivity contribution in [2.75, 3.05) is 14.2 Å². The molecule has 1 aliphatic carbocycles. The second-order valence-corrected chi connectivity index (χ2v) is 5.95. The number of benzene rings is 1. The fourth-order valence-corrected chi connectivity index (χ4v) is 3.28. The highest BCUT2D eigenvalue weighted by Crippen LogP contribution is 2.41. The summed E-state index contributed by atoms with van der Waals surface area (Å²) in [7, 11) is 2.98. The molecule has 0 heterocycles.